The number of aromatic nitrogens is 2. The number of alkyl halides is 3. The summed E-state index contributed by atoms with van der Waals surface area (Å²) in [6.45, 7) is 2.56. The first-order chi connectivity index (χ1) is 14.0. The van der Waals surface area contributed by atoms with Gasteiger partial charge in [0.25, 0.3) is 0 Å². The van der Waals surface area contributed by atoms with Gasteiger partial charge in [0.05, 0.1) is 4.90 Å². The zero-order chi connectivity index (χ0) is 22.1. The van der Waals surface area contributed by atoms with Gasteiger partial charge in [0.2, 0.25) is 10.0 Å². The van der Waals surface area contributed by atoms with Crippen molar-refractivity contribution in [2.45, 2.75) is 31.0 Å². The molecule has 30 heavy (non-hydrogen) atoms. The number of hydrogen-bond donors (Lipinski definition) is 2. The van der Waals surface area contributed by atoms with Crippen LogP contribution in [0.3, 0.4) is 0 Å². The Morgan fingerprint density at radius 1 is 1.23 bits per heavy atom. The molecule has 2 aromatic heterocycles. The minimum Gasteiger partial charge on any atom is -0.455 e. The zero-order valence-electron chi connectivity index (χ0n) is 15.9. The third kappa shape index (κ3) is 4.79. The maximum Gasteiger partial charge on any atom is 0.490 e. The quantitative estimate of drug-likeness (QED) is 0.572. The van der Waals surface area contributed by atoms with E-state index >= 15 is 0 Å². The summed E-state index contributed by atoms with van der Waals surface area (Å²) >= 11 is 0. The number of benzene rings is 1. The van der Waals surface area contributed by atoms with Crippen molar-refractivity contribution in [2.24, 2.45) is 0 Å². The predicted molar refractivity (Wildman–Crippen MR) is 103 cm³/mol. The van der Waals surface area contributed by atoms with Crippen LogP contribution in [0, 0.1) is 6.92 Å². The first-order valence-corrected chi connectivity index (χ1v) is 10.3. The molecule has 7 nitrogen and oxygen atoms in total. The molecule has 3 rings (SSSR count). The van der Waals surface area contributed by atoms with Gasteiger partial charge in [-0.05, 0) is 49.2 Å². The molecule has 3 aromatic rings. The molecule has 0 saturated carbocycles. The van der Waals surface area contributed by atoms with Crippen molar-refractivity contribution in [3.8, 4) is 11.1 Å². The van der Waals surface area contributed by atoms with E-state index in [-0.39, 0.29) is 4.90 Å². The Hall–Kier alpha value is -2.92. The largest absolute Gasteiger partial charge is 0.490 e. The molecule has 160 valence electrons. The molecule has 0 radical (unpaired) electrons. The first-order valence-electron chi connectivity index (χ1n) is 8.79. The predicted octanol–water partition coefficient (Wildman–Crippen LogP) is 3.31. The fourth-order valence-corrected chi connectivity index (χ4v) is 3.94. The van der Waals surface area contributed by atoms with Crippen LogP contribution < -0.4 is 4.72 Å². The van der Waals surface area contributed by atoms with E-state index in [4.69, 9.17) is 0 Å². The van der Waals surface area contributed by atoms with Gasteiger partial charge in [0, 0.05) is 23.8 Å². The van der Waals surface area contributed by atoms with Crippen molar-refractivity contribution in [3.05, 3.63) is 48.3 Å². The number of fused-ring (bicyclic) bond motifs is 1. The highest BCUT2D eigenvalue weighted by Gasteiger charge is 2.41. The maximum atomic E-state index is 12.4. The number of carbonyl (C=O) groups is 1. The number of halogens is 3. The standard InChI is InChI=1S/C19H18F3N3O4S/c1-11-9-16-15(7-8-23-17(16)25-11)13-3-5-14(6-4-13)30(27,28)24-10-12(2)29-18(26)19(20,21)22/h3-9,12,24H,10H2,1-2H3,(H,23,25)/t12-/m0/s1. The molecule has 0 fully saturated rings. The highest BCUT2D eigenvalue weighted by molar-refractivity contribution is 7.89. The lowest BCUT2D eigenvalue weighted by Gasteiger charge is -2.15. The molecule has 0 bridgehead atoms. The van der Waals surface area contributed by atoms with Crippen LogP contribution in [-0.2, 0) is 19.6 Å². The number of H-pyrrole nitrogens is 1. The van der Waals surface area contributed by atoms with Gasteiger partial charge in [-0.2, -0.15) is 13.2 Å². The summed E-state index contributed by atoms with van der Waals surface area (Å²) < 4.78 is 67.7. The monoisotopic (exact) mass is 441 g/mol. The highest BCUT2D eigenvalue weighted by Crippen LogP contribution is 2.28. The van der Waals surface area contributed by atoms with Crippen molar-refractivity contribution < 1.29 is 31.1 Å². The number of sulfonamides is 1. The van der Waals surface area contributed by atoms with Crippen LogP contribution in [0.25, 0.3) is 22.2 Å². The van der Waals surface area contributed by atoms with E-state index in [1.165, 1.54) is 12.1 Å². The number of hydrogen-bond acceptors (Lipinski definition) is 5. The smallest absolute Gasteiger partial charge is 0.455 e. The molecule has 0 saturated heterocycles. The molecule has 11 heteroatoms. The Balaban J connectivity index is 1.72. The van der Waals surface area contributed by atoms with Crippen LogP contribution in [0.4, 0.5) is 13.2 Å². The van der Waals surface area contributed by atoms with E-state index in [1.54, 1.807) is 18.3 Å². The van der Waals surface area contributed by atoms with E-state index in [9.17, 15) is 26.4 Å². The van der Waals surface area contributed by atoms with Crippen LogP contribution >= 0.6 is 0 Å². The fraction of sp³-hybridized carbons (Fsp3) is 0.263. The Labute approximate surface area is 170 Å². The molecule has 0 unspecified atom stereocenters. The Kier molecular flexibility index (Phi) is 5.86. The lowest BCUT2D eigenvalue weighted by Crippen LogP contribution is -2.36. The topological polar surface area (TPSA) is 101 Å². The number of rotatable bonds is 6. The van der Waals surface area contributed by atoms with Gasteiger partial charge in [0.15, 0.2) is 0 Å². The summed E-state index contributed by atoms with van der Waals surface area (Å²) in [5, 5.41) is 0.893. The Morgan fingerprint density at radius 3 is 2.53 bits per heavy atom. The molecule has 2 heterocycles. The lowest BCUT2D eigenvalue weighted by molar-refractivity contribution is -0.203. The van der Waals surface area contributed by atoms with Crippen molar-refractivity contribution >= 4 is 27.0 Å². The molecule has 0 amide bonds. The summed E-state index contributed by atoms with van der Waals surface area (Å²) in [6.07, 6.45) is -4.79. The van der Waals surface area contributed by atoms with Gasteiger partial charge in [-0.25, -0.2) is 22.9 Å². The van der Waals surface area contributed by atoms with Gasteiger partial charge in [-0.3, -0.25) is 0 Å². The second-order valence-electron chi connectivity index (χ2n) is 6.66. The highest BCUT2D eigenvalue weighted by atomic mass is 32.2. The molecule has 1 aromatic carbocycles. The third-order valence-corrected chi connectivity index (χ3v) is 5.68. The minimum atomic E-state index is -5.14. The van der Waals surface area contributed by atoms with Gasteiger partial charge in [-0.15, -0.1) is 0 Å². The molecular formula is C19H18F3N3O4S. The number of aryl methyl sites for hydroxylation is 1. The van der Waals surface area contributed by atoms with Gasteiger partial charge in [0.1, 0.15) is 11.8 Å². The summed E-state index contributed by atoms with van der Waals surface area (Å²) in [5.74, 6) is -2.37. The fourth-order valence-electron chi connectivity index (χ4n) is 2.83. The van der Waals surface area contributed by atoms with Crippen LogP contribution in [0.5, 0.6) is 0 Å². The number of aromatic amines is 1. The summed E-state index contributed by atoms with van der Waals surface area (Å²) in [4.78, 5) is 18.1. The second-order valence-corrected chi connectivity index (χ2v) is 8.43. The third-order valence-electron chi connectivity index (χ3n) is 4.24. The van der Waals surface area contributed by atoms with E-state index in [1.807, 2.05) is 19.1 Å². The lowest BCUT2D eigenvalue weighted by atomic mass is 10.0. The van der Waals surface area contributed by atoms with Crippen molar-refractivity contribution in [2.75, 3.05) is 6.54 Å². The van der Waals surface area contributed by atoms with E-state index in [0.29, 0.717) is 5.65 Å². The Bertz CT molecular complexity index is 1170. The average molecular weight is 441 g/mol. The molecule has 1 atom stereocenters. The molecule has 0 spiro atoms. The van der Waals surface area contributed by atoms with Crippen LogP contribution in [0.2, 0.25) is 0 Å². The number of carbonyl (C=O) groups excluding carboxylic acids is 1. The summed E-state index contributed by atoms with van der Waals surface area (Å²) in [5.41, 5.74) is 3.29. The summed E-state index contributed by atoms with van der Waals surface area (Å²) in [6, 6.07) is 9.77. The van der Waals surface area contributed by atoms with Crippen molar-refractivity contribution in [1.82, 2.24) is 14.7 Å². The minimum absolute atomic E-state index is 0.0730. The molecular weight excluding hydrogens is 423 g/mol. The number of nitrogens with one attached hydrogen (secondary N) is 2. The second kappa shape index (κ2) is 8.07. The first kappa shape index (κ1) is 21.8. The van der Waals surface area contributed by atoms with E-state index in [0.717, 1.165) is 29.1 Å². The number of ether oxygens (including phenoxy) is 1. The molecule has 2 N–H and O–H groups in total. The SMILES string of the molecule is Cc1cc2c(-c3ccc(S(=O)(=O)NC[C@H](C)OC(=O)C(F)(F)F)cc3)ccnc2[nH]1. The van der Waals surface area contributed by atoms with Crippen molar-refractivity contribution in [1.29, 1.82) is 0 Å². The Morgan fingerprint density at radius 2 is 1.90 bits per heavy atom. The normalized spacial score (nSPS) is 13.4. The average Bonchev–Trinajstić information content (AvgIpc) is 3.06. The maximum absolute atomic E-state index is 12.4. The zero-order valence-corrected chi connectivity index (χ0v) is 16.8. The van der Waals surface area contributed by atoms with E-state index in [2.05, 4.69) is 19.4 Å². The van der Waals surface area contributed by atoms with Crippen LogP contribution in [-0.4, -0.2) is 43.2 Å². The van der Waals surface area contributed by atoms with Crippen LogP contribution in [0.15, 0.2) is 47.5 Å². The molecule has 0 aliphatic heterocycles. The number of nitrogens with zero attached hydrogens (tertiary/aromatic N) is 1. The molecule has 0 aliphatic carbocycles. The van der Waals surface area contributed by atoms with Gasteiger partial charge in [-0.1, -0.05) is 12.1 Å². The molecule has 0 aliphatic rings. The van der Waals surface area contributed by atoms with Gasteiger partial charge >= 0.3 is 12.1 Å². The van der Waals surface area contributed by atoms with E-state index < -0.39 is 34.8 Å². The van der Waals surface area contributed by atoms with Gasteiger partial charge < -0.3 is 9.72 Å². The number of esters is 1. The van der Waals surface area contributed by atoms with Crippen molar-refractivity contribution in [3.63, 3.8) is 0 Å². The van der Waals surface area contributed by atoms with Crippen LogP contribution in [0.1, 0.15) is 12.6 Å². The summed E-state index contributed by atoms with van der Waals surface area (Å²) in [7, 11) is -4.01. The number of pyridine rings is 1.